The van der Waals surface area contributed by atoms with Gasteiger partial charge in [-0.2, -0.15) is 5.10 Å². The largest absolute Gasteiger partial charge is 0.412 e. The van der Waals surface area contributed by atoms with Crippen LogP contribution in [0.2, 0.25) is 5.02 Å². The zero-order valence-electron chi connectivity index (χ0n) is 16.4. The number of allylic oxidation sites excluding steroid dienone is 1. The van der Waals surface area contributed by atoms with Crippen LogP contribution in [-0.4, -0.2) is 15.7 Å². The molecule has 1 unspecified atom stereocenters. The lowest BCUT2D eigenvalue weighted by atomic mass is 9.84. The lowest BCUT2D eigenvalue weighted by Gasteiger charge is -2.26. The molecule has 2 heterocycles. The number of aromatic amines is 1. The molecule has 0 saturated heterocycles. The van der Waals surface area contributed by atoms with Crippen molar-refractivity contribution in [3.63, 3.8) is 0 Å². The molecule has 0 spiro atoms. The average molecular weight is 407 g/mol. The van der Waals surface area contributed by atoms with Crippen LogP contribution in [0.1, 0.15) is 43.9 Å². The van der Waals surface area contributed by atoms with E-state index in [9.17, 15) is 0 Å². The van der Waals surface area contributed by atoms with Crippen molar-refractivity contribution < 1.29 is 4.84 Å². The number of fused-ring (bicyclic) bond motifs is 2. The SMILES string of the molecule is CC1(C)NOC2=C1c1ccc(-c3cn[nH]c3)cc1C(Nc1ccc(Cl)cc1)CC2. The Morgan fingerprint density at radius 2 is 1.97 bits per heavy atom. The van der Waals surface area contributed by atoms with Gasteiger partial charge in [-0.15, -0.1) is 5.48 Å². The Morgan fingerprint density at radius 1 is 1.14 bits per heavy atom. The third-order valence-electron chi connectivity index (χ3n) is 5.71. The highest BCUT2D eigenvalue weighted by Gasteiger charge is 2.39. The predicted octanol–water partition coefficient (Wildman–Crippen LogP) is 5.70. The van der Waals surface area contributed by atoms with E-state index in [2.05, 4.69) is 53.0 Å². The molecule has 5 rings (SSSR count). The molecule has 1 atom stereocenters. The van der Waals surface area contributed by atoms with Gasteiger partial charge in [0.1, 0.15) is 5.76 Å². The predicted molar refractivity (Wildman–Crippen MR) is 116 cm³/mol. The van der Waals surface area contributed by atoms with Crippen LogP contribution in [0.5, 0.6) is 0 Å². The molecule has 6 heteroatoms. The number of hydroxylamine groups is 1. The summed E-state index contributed by atoms with van der Waals surface area (Å²) < 4.78 is 0. The van der Waals surface area contributed by atoms with Gasteiger partial charge in [0, 0.05) is 34.5 Å². The second-order valence-electron chi connectivity index (χ2n) is 8.16. The zero-order chi connectivity index (χ0) is 20.0. The molecular formula is C23H23ClN4O. The molecule has 3 N–H and O–H groups in total. The quantitative estimate of drug-likeness (QED) is 0.522. The minimum Gasteiger partial charge on any atom is -0.412 e. The number of aromatic nitrogens is 2. The third kappa shape index (κ3) is 3.30. The fourth-order valence-corrected chi connectivity index (χ4v) is 4.42. The molecular weight excluding hydrogens is 384 g/mol. The van der Waals surface area contributed by atoms with Crippen molar-refractivity contribution in [3.8, 4) is 11.1 Å². The maximum Gasteiger partial charge on any atom is 0.130 e. The van der Waals surface area contributed by atoms with Gasteiger partial charge in [-0.05, 0) is 67.3 Å². The van der Waals surface area contributed by atoms with E-state index in [0.29, 0.717) is 0 Å². The number of H-pyrrole nitrogens is 1. The summed E-state index contributed by atoms with van der Waals surface area (Å²) >= 11 is 6.07. The Bertz CT molecular complexity index is 1070. The summed E-state index contributed by atoms with van der Waals surface area (Å²) in [6, 6.07) is 14.7. The van der Waals surface area contributed by atoms with Gasteiger partial charge in [-0.25, -0.2) is 0 Å². The van der Waals surface area contributed by atoms with Crippen LogP contribution >= 0.6 is 11.6 Å². The number of hydrogen-bond donors (Lipinski definition) is 3. The molecule has 1 aliphatic heterocycles. The smallest absolute Gasteiger partial charge is 0.130 e. The number of halogens is 1. The summed E-state index contributed by atoms with van der Waals surface area (Å²) in [4.78, 5) is 5.90. The number of anilines is 1. The summed E-state index contributed by atoms with van der Waals surface area (Å²) in [6.45, 7) is 4.33. The van der Waals surface area contributed by atoms with Crippen molar-refractivity contribution in [2.45, 2.75) is 38.3 Å². The minimum absolute atomic E-state index is 0.156. The van der Waals surface area contributed by atoms with Gasteiger partial charge >= 0.3 is 0 Å². The van der Waals surface area contributed by atoms with Crippen molar-refractivity contribution in [1.82, 2.24) is 15.7 Å². The first-order chi connectivity index (χ1) is 14.0. The molecule has 0 amide bonds. The molecule has 1 aromatic heterocycles. The Kier molecular flexibility index (Phi) is 4.37. The van der Waals surface area contributed by atoms with Crippen molar-refractivity contribution in [2.24, 2.45) is 0 Å². The molecule has 2 aromatic carbocycles. The molecule has 29 heavy (non-hydrogen) atoms. The normalized spacial score (nSPS) is 19.9. The van der Waals surface area contributed by atoms with Gasteiger partial charge in [0.25, 0.3) is 0 Å². The standard InChI is InChI=1S/C23H23ClN4O/c1-23(2)22-18-8-3-14(15-12-25-26-13-15)11-19(18)20(9-10-21(22)29-28-23)27-17-6-4-16(24)5-7-17/h3-8,11-13,20,27-28H,9-10H2,1-2H3,(H,25,26). The molecule has 0 fully saturated rings. The topological polar surface area (TPSA) is 62.0 Å². The van der Waals surface area contributed by atoms with E-state index in [1.165, 1.54) is 16.7 Å². The van der Waals surface area contributed by atoms with E-state index in [1.807, 2.05) is 36.7 Å². The van der Waals surface area contributed by atoms with Crippen LogP contribution in [0.4, 0.5) is 5.69 Å². The van der Waals surface area contributed by atoms with Crippen LogP contribution < -0.4 is 10.8 Å². The van der Waals surface area contributed by atoms with E-state index in [4.69, 9.17) is 16.4 Å². The first-order valence-corrected chi connectivity index (χ1v) is 10.2. The number of benzene rings is 2. The van der Waals surface area contributed by atoms with Crippen LogP contribution in [-0.2, 0) is 4.84 Å². The van der Waals surface area contributed by atoms with Crippen LogP contribution in [0, 0.1) is 0 Å². The molecule has 0 bridgehead atoms. The van der Waals surface area contributed by atoms with Gasteiger partial charge < -0.3 is 10.2 Å². The Balaban J connectivity index is 1.61. The van der Waals surface area contributed by atoms with E-state index in [-0.39, 0.29) is 11.6 Å². The third-order valence-corrected chi connectivity index (χ3v) is 5.96. The van der Waals surface area contributed by atoms with Crippen molar-refractivity contribution in [3.05, 3.63) is 76.8 Å². The lowest BCUT2D eigenvalue weighted by molar-refractivity contribution is 0.0856. The molecule has 148 valence electrons. The highest BCUT2D eigenvalue weighted by atomic mass is 35.5. The number of nitrogens with one attached hydrogen (secondary N) is 3. The molecule has 1 aliphatic carbocycles. The number of rotatable bonds is 3. The maximum absolute atomic E-state index is 6.07. The van der Waals surface area contributed by atoms with Crippen molar-refractivity contribution in [1.29, 1.82) is 0 Å². The molecule has 0 radical (unpaired) electrons. The second kappa shape index (κ2) is 6.94. The Morgan fingerprint density at radius 3 is 2.72 bits per heavy atom. The first-order valence-electron chi connectivity index (χ1n) is 9.84. The van der Waals surface area contributed by atoms with E-state index in [0.717, 1.165) is 40.4 Å². The molecule has 0 saturated carbocycles. The summed E-state index contributed by atoms with van der Waals surface area (Å²) in [5.41, 5.74) is 9.98. The Labute approximate surface area is 175 Å². The van der Waals surface area contributed by atoms with Crippen LogP contribution in [0.25, 0.3) is 16.7 Å². The summed E-state index contributed by atoms with van der Waals surface area (Å²) in [6.07, 6.45) is 5.58. The monoisotopic (exact) mass is 406 g/mol. The Hall–Kier alpha value is -2.76. The maximum atomic E-state index is 6.07. The van der Waals surface area contributed by atoms with E-state index >= 15 is 0 Å². The van der Waals surface area contributed by atoms with Crippen molar-refractivity contribution >= 4 is 22.9 Å². The van der Waals surface area contributed by atoms with Gasteiger partial charge in [0.2, 0.25) is 0 Å². The first kappa shape index (κ1) is 18.3. The average Bonchev–Trinajstić information content (AvgIpc) is 3.31. The highest BCUT2D eigenvalue weighted by Crippen LogP contribution is 2.45. The van der Waals surface area contributed by atoms with Gasteiger partial charge in [0.15, 0.2) is 0 Å². The molecule has 2 aliphatic rings. The number of hydrogen-bond acceptors (Lipinski definition) is 4. The lowest BCUT2D eigenvalue weighted by Crippen LogP contribution is -2.34. The van der Waals surface area contributed by atoms with E-state index < -0.39 is 0 Å². The zero-order valence-corrected chi connectivity index (χ0v) is 17.2. The minimum atomic E-state index is -0.240. The van der Waals surface area contributed by atoms with Gasteiger partial charge in [-0.3, -0.25) is 5.10 Å². The van der Waals surface area contributed by atoms with Crippen LogP contribution in [0.3, 0.4) is 0 Å². The van der Waals surface area contributed by atoms with E-state index in [1.54, 1.807) is 0 Å². The summed E-state index contributed by atoms with van der Waals surface area (Å²) in [5, 5.41) is 11.5. The highest BCUT2D eigenvalue weighted by molar-refractivity contribution is 6.30. The van der Waals surface area contributed by atoms with Crippen molar-refractivity contribution in [2.75, 3.05) is 5.32 Å². The second-order valence-corrected chi connectivity index (χ2v) is 8.60. The summed E-state index contributed by atoms with van der Waals surface area (Å²) in [5.74, 6) is 1.03. The fourth-order valence-electron chi connectivity index (χ4n) is 4.30. The molecule has 5 nitrogen and oxygen atoms in total. The molecule has 3 aromatic rings. The fraction of sp³-hybridized carbons (Fsp3) is 0.261. The van der Waals surface area contributed by atoms with Gasteiger partial charge in [0.05, 0.1) is 17.8 Å². The number of nitrogens with zero attached hydrogens (tertiary/aromatic N) is 1. The van der Waals surface area contributed by atoms with Crippen LogP contribution in [0.15, 0.2) is 60.6 Å². The van der Waals surface area contributed by atoms with Gasteiger partial charge in [-0.1, -0.05) is 23.7 Å². The summed E-state index contributed by atoms with van der Waals surface area (Å²) in [7, 11) is 0.